The number of carbonyl (C=O) groups excluding carboxylic acids is 1. The second-order valence-electron chi connectivity index (χ2n) is 6.27. The van der Waals surface area contributed by atoms with Crippen molar-refractivity contribution in [2.45, 2.75) is 19.8 Å². The molecule has 2 heterocycles. The largest absolute Gasteiger partial charge is 0.353 e. The van der Waals surface area contributed by atoms with Gasteiger partial charge in [-0.25, -0.2) is 4.98 Å². The zero-order chi connectivity index (χ0) is 18.4. The van der Waals surface area contributed by atoms with E-state index in [9.17, 15) is 4.79 Å². The molecule has 0 aliphatic carbocycles. The van der Waals surface area contributed by atoms with E-state index < -0.39 is 0 Å². The van der Waals surface area contributed by atoms with Crippen LogP contribution in [0.5, 0.6) is 0 Å². The Hall–Kier alpha value is -3.06. The number of amides is 1. The molecule has 0 bridgehead atoms. The summed E-state index contributed by atoms with van der Waals surface area (Å²) in [6, 6.07) is 12.5. The number of terminal acetylenes is 1. The molecule has 4 heteroatoms. The molecule has 1 aliphatic rings. The summed E-state index contributed by atoms with van der Waals surface area (Å²) >= 11 is 0. The van der Waals surface area contributed by atoms with E-state index in [0.717, 1.165) is 31.7 Å². The standard InChI is InChI=1S/C22H23N3O/c1-3-13-23-22(26)20-9-10-21(24-16-20)25-14-11-19(12-15-25)18-7-5-17(4-2)6-8-18/h1,5-11,16H,4,12-15H2,2H3,(H,23,26). The topological polar surface area (TPSA) is 45.2 Å². The minimum Gasteiger partial charge on any atom is -0.353 e. The first-order chi connectivity index (χ1) is 12.7. The highest BCUT2D eigenvalue weighted by atomic mass is 16.1. The third-order valence-corrected chi connectivity index (χ3v) is 4.63. The zero-order valence-corrected chi connectivity index (χ0v) is 15.0. The molecule has 132 valence electrons. The van der Waals surface area contributed by atoms with E-state index in [4.69, 9.17) is 6.42 Å². The van der Waals surface area contributed by atoms with Crippen LogP contribution in [-0.2, 0) is 6.42 Å². The quantitative estimate of drug-likeness (QED) is 0.846. The van der Waals surface area contributed by atoms with Gasteiger partial charge in [0.25, 0.3) is 5.91 Å². The lowest BCUT2D eigenvalue weighted by Gasteiger charge is -2.27. The van der Waals surface area contributed by atoms with E-state index in [0.29, 0.717) is 5.56 Å². The second-order valence-corrected chi connectivity index (χ2v) is 6.27. The van der Waals surface area contributed by atoms with Gasteiger partial charge in [0.05, 0.1) is 12.1 Å². The van der Waals surface area contributed by atoms with Gasteiger partial charge in [0.1, 0.15) is 5.82 Å². The molecule has 1 amide bonds. The van der Waals surface area contributed by atoms with Crippen molar-refractivity contribution in [3.8, 4) is 12.3 Å². The molecule has 1 aromatic heterocycles. The zero-order valence-electron chi connectivity index (χ0n) is 15.0. The number of aromatic nitrogens is 1. The molecule has 2 aromatic rings. The van der Waals surface area contributed by atoms with Crippen LogP contribution < -0.4 is 10.2 Å². The lowest BCUT2D eigenvalue weighted by molar-refractivity contribution is 0.0958. The van der Waals surface area contributed by atoms with E-state index >= 15 is 0 Å². The molecule has 1 aliphatic heterocycles. The van der Waals surface area contributed by atoms with Gasteiger partial charge in [-0.05, 0) is 41.7 Å². The van der Waals surface area contributed by atoms with E-state index in [-0.39, 0.29) is 12.5 Å². The number of pyridine rings is 1. The number of benzene rings is 1. The number of nitrogens with one attached hydrogen (secondary N) is 1. The number of hydrogen-bond donors (Lipinski definition) is 1. The van der Waals surface area contributed by atoms with Gasteiger partial charge in [0, 0.05) is 19.3 Å². The minimum absolute atomic E-state index is 0.196. The summed E-state index contributed by atoms with van der Waals surface area (Å²) in [6.07, 6.45) is 11.1. The summed E-state index contributed by atoms with van der Waals surface area (Å²) in [5.74, 6) is 3.08. The van der Waals surface area contributed by atoms with Crippen LogP contribution in [-0.4, -0.2) is 30.5 Å². The highest BCUT2D eigenvalue weighted by Crippen LogP contribution is 2.25. The first kappa shape index (κ1) is 17.8. The molecule has 0 saturated carbocycles. The minimum atomic E-state index is -0.196. The maximum atomic E-state index is 11.9. The Bertz CT molecular complexity index is 829. The number of carbonyl (C=O) groups is 1. The average Bonchev–Trinajstić information content (AvgIpc) is 2.72. The third kappa shape index (κ3) is 4.12. The monoisotopic (exact) mass is 345 g/mol. The average molecular weight is 345 g/mol. The molecular formula is C22H23N3O. The molecule has 1 N–H and O–H groups in total. The predicted octanol–water partition coefficient (Wildman–Crippen LogP) is 3.30. The van der Waals surface area contributed by atoms with Gasteiger partial charge in [0.2, 0.25) is 0 Å². The second kappa shape index (κ2) is 8.35. The Morgan fingerprint density at radius 2 is 2.08 bits per heavy atom. The van der Waals surface area contributed by atoms with Gasteiger partial charge >= 0.3 is 0 Å². The van der Waals surface area contributed by atoms with Gasteiger partial charge in [-0.15, -0.1) is 6.42 Å². The number of hydrogen-bond acceptors (Lipinski definition) is 3. The Labute approximate surface area is 154 Å². The molecule has 0 saturated heterocycles. The fraction of sp³-hybridized carbons (Fsp3) is 0.273. The normalized spacial score (nSPS) is 13.7. The Morgan fingerprint density at radius 3 is 2.65 bits per heavy atom. The lowest BCUT2D eigenvalue weighted by Crippen LogP contribution is -2.29. The third-order valence-electron chi connectivity index (χ3n) is 4.63. The van der Waals surface area contributed by atoms with Crippen LogP contribution in [0.4, 0.5) is 5.82 Å². The Balaban J connectivity index is 1.64. The number of rotatable bonds is 5. The highest BCUT2D eigenvalue weighted by Gasteiger charge is 2.15. The predicted molar refractivity (Wildman–Crippen MR) is 106 cm³/mol. The summed E-state index contributed by atoms with van der Waals surface area (Å²) in [5, 5.41) is 2.64. The maximum absolute atomic E-state index is 11.9. The molecule has 0 unspecified atom stereocenters. The van der Waals surface area contributed by atoms with Crippen molar-refractivity contribution in [2.24, 2.45) is 0 Å². The lowest BCUT2D eigenvalue weighted by atomic mass is 9.98. The van der Waals surface area contributed by atoms with Gasteiger partial charge in [0.15, 0.2) is 0 Å². The summed E-state index contributed by atoms with van der Waals surface area (Å²) in [6.45, 7) is 4.13. The number of nitrogens with zero attached hydrogens (tertiary/aromatic N) is 2. The molecule has 0 fully saturated rings. The summed E-state index contributed by atoms with van der Waals surface area (Å²) in [4.78, 5) is 18.5. The molecule has 26 heavy (non-hydrogen) atoms. The van der Waals surface area contributed by atoms with E-state index in [2.05, 4.69) is 58.4 Å². The summed E-state index contributed by atoms with van der Waals surface area (Å²) in [5.41, 5.74) is 4.57. The SMILES string of the molecule is C#CCNC(=O)c1ccc(N2CC=C(c3ccc(CC)cc3)CC2)nc1. The van der Waals surface area contributed by atoms with Crippen LogP contribution in [0.3, 0.4) is 0 Å². The first-order valence-electron chi connectivity index (χ1n) is 8.92. The molecule has 0 radical (unpaired) electrons. The van der Waals surface area contributed by atoms with E-state index in [1.54, 1.807) is 12.3 Å². The van der Waals surface area contributed by atoms with Gasteiger partial charge in [-0.2, -0.15) is 0 Å². The van der Waals surface area contributed by atoms with Crippen molar-refractivity contribution in [2.75, 3.05) is 24.5 Å². The van der Waals surface area contributed by atoms with Crippen molar-refractivity contribution in [3.05, 3.63) is 65.4 Å². The van der Waals surface area contributed by atoms with E-state index in [1.165, 1.54) is 16.7 Å². The van der Waals surface area contributed by atoms with Crippen molar-refractivity contribution >= 4 is 17.3 Å². The Morgan fingerprint density at radius 1 is 1.27 bits per heavy atom. The number of aryl methyl sites for hydroxylation is 1. The number of anilines is 1. The summed E-state index contributed by atoms with van der Waals surface area (Å²) < 4.78 is 0. The van der Waals surface area contributed by atoms with Crippen molar-refractivity contribution in [1.82, 2.24) is 10.3 Å². The smallest absolute Gasteiger partial charge is 0.253 e. The van der Waals surface area contributed by atoms with Crippen LogP contribution in [0.1, 0.15) is 34.8 Å². The van der Waals surface area contributed by atoms with Crippen LogP contribution in [0.15, 0.2) is 48.7 Å². The maximum Gasteiger partial charge on any atom is 0.253 e. The van der Waals surface area contributed by atoms with Crippen molar-refractivity contribution < 1.29 is 4.79 Å². The molecule has 3 rings (SSSR count). The molecule has 1 aromatic carbocycles. The molecule has 0 spiro atoms. The highest BCUT2D eigenvalue weighted by molar-refractivity contribution is 5.94. The van der Waals surface area contributed by atoms with E-state index in [1.807, 2.05) is 6.07 Å². The van der Waals surface area contributed by atoms with Crippen LogP contribution >= 0.6 is 0 Å². The van der Waals surface area contributed by atoms with Gasteiger partial charge in [-0.1, -0.05) is 43.2 Å². The van der Waals surface area contributed by atoms with Crippen LogP contribution in [0, 0.1) is 12.3 Å². The first-order valence-corrected chi connectivity index (χ1v) is 8.92. The molecule has 4 nitrogen and oxygen atoms in total. The molecule has 0 atom stereocenters. The van der Waals surface area contributed by atoms with Crippen molar-refractivity contribution in [1.29, 1.82) is 0 Å². The Kier molecular flexibility index (Phi) is 5.70. The van der Waals surface area contributed by atoms with Crippen LogP contribution in [0.25, 0.3) is 5.57 Å². The van der Waals surface area contributed by atoms with Crippen LogP contribution in [0.2, 0.25) is 0 Å². The van der Waals surface area contributed by atoms with Gasteiger partial charge in [-0.3, -0.25) is 4.79 Å². The molecular weight excluding hydrogens is 322 g/mol. The van der Waals surface area contributed by atoms with Crippen molar-refractivity contribution in [3.63, 3.8) is 0 Å². The fourth-order valence-corrected chi connectivity index (χ4v) is 3.03. The fourth-order valence-electron chi connectivity index (χ4n) is 3.03. The summed E-state index contributed by atoms with van der Waals surface area (Å²) in [7, 11) is 0. The van der Waals surface area contributed by atoms with Gasteiger partial charge < -0.3 is 10.2 Å².